The van der Waals surface area contributed by atoms with Gasteiger partial charge in [0.2, 0.25) is 5.91 Å². The first-order valence-corrected chi connectivity index (χ1v) is 8.31. The average Bonchev–Trinajstić information content (AvgIpc) is 2.55. The van der Waals surface area contributed by atoms with Crippen LogP contribution in [0, 0.1) is 6.92 Å². The van der Waals surface area contributed by atoms with Gasteiger partial charge >= 0.3 is 6.18 Å². The molecule has 26 heavy (non-hydrogen) atoms. The van der Waals surface area contributed by atoms with E-state index in [4.69, 9.17) is 12.2 Å². The maximum atomic E-state index is 13.1. The Morgan fingerprint density at radius 1 is 1.27 bits per heavy atom. The normalized spacial score (nSPS) is 12.3. The fraction of sp³-hybridized carbons (Fsp3) is 0.278. The minimum atomic E-state index is -4.52. The van der Waals surface area contributed by atoms with Crippen molar-refractivity contribution in [2.24, 2.45) is 0 Å². The van der Waals surface area contributed by atoms with E-state index in [1.165, 1.54) is 0 Å². The lowest BCUT2D eigenvalue weighted by Crippen LogP contribution is -2.41. The molecule has 1 aromatic heterocycles. The minimum absolute atomic E-state index is 0.00206. The lowest BCUT2D eigenvalue weighted by Gasteiger charge is -2.19. The highest BCUT2D eigenvalue weighted by molar-refractivity contribution is 7.80. The average molecular weight is 381 g/mol. The quantitative estimate of drug-likeness (QED) is 0.796. The van der Waals surface area contributed by atoms with Crippen LogP contribution in [0.25, 0.3) is 0 Å². The molecular formula is C18H18F3N3OS. The van der Waals surface area contributed by atoms with Crippen molar-refractivity contribution in [1.29, 1.82) is 0 Å². The van der Waals surface area contributed by atoms with Crippen molar-refractivity contribution in [1.82, 2.24) is 15.6 Å². The topological polar surface area (TPSA) is 54.0 Å². The second-order valence-corrected chi connectivity index (χ2v) is 6.07. The number of aryl methyl sites for hydroxylation is 1. The molecule has 2 N–H and O–H groups in total. The summed E-state index contributed by atoms with van der Waals surface area (Å²) in [6.45, 7) is 4.15. The maximum absolute atomic E-state index is 13.1. The molecule has 0 saturated carbocycles. The number of rotatable bonds is 4. The summed E-state index contributed by atoms with van der Waals surface area (Å²) >= 11 is 5.02. The Balaban J connectivity index is 2.47. The molecule has 1 heterocycles. The van der Waals surface area contributed by atoms with Crippen LogP contribution in [0.3, 0.4) is 0 Å². The maximum Gasteiger partial charge on any atom is 0.416 e. The molecule has 0 radical (unpaired) electrons. The summed E-state index contributed by atoms with van der Waals surface area (Å²) in [7, 11) is 0. The first-order chi connectivity index (χ1) is 12.2. The Hall–Kier alpha value is -2.48. The van der Waals surface area contributed by atoms with Crippen LogP contribution in [-0.4, -0.2) is 22.5 Å². The minimum Gasteiger partial charge on any atom is -0.363 e. The number of aromatic nitrogens is 1. The molecule has 1 amide bonds. The van der Waals surface area contributed by atoms with Crippen LogP contribution in [0.15, 0.2) is 42.6 Å². The van der Waals surface area contributed by atoms with E-state index in [2.05, 4.69) is 15.6 Å². The van der Waals surface area contributed by atoms with E-state index in [1.54, 1.807) is 18.2 Å². The highest BCUT2D eigenvalue weighted by atomic mass is 32.1. The zero-order valence-electron chi connectivity index (χ0n) is 14.2. The summed E-state index contributed by atoms with van der Waals surface area (Å²) in [5.74, 6) is -1.57. The second kappa shape index (κ2) is 8.27. The highest BCUT2D eigenvalue weighted by Gasteiger charge is 2.33. The van der Waals surface area contributed by atoms with E-state index in [9.17, 15) is 18.0 Å². The van der Waals surface area contributed by atoms with E-state index in [1.807, 2.05) is 19.9 Å². The van der Waals surface area contributed by atoms with E-state index in [-0.39, 0.29) is 10.8 Å². The Kier molecular flexibility index (Phi) is 6.31. The number of amides is 1. The fourth-order valence-corrected chi connectivity index (χ4v) is 2.72. The van der Waals surface area contributed by atoms with Gasteiger partial charge in [-0.1, -0.05) is 29.8 Å². The van der Waals surface area contributed by atoms with Gasteiger partial charge in [0.25, 0.3) is 0 Å². The Morgan fingerprint density at radius 2 is 2.00 bits per heavy atom. The third-order valence-electron chi connectivity index (χ3n) is 3.62. The van der Waals surface area contributed by atoms with Gasteiger partial charge in [0.15, 0.2) is 5.11 Å². The lowest BCUT2D eigenvalue weighted by molar-refractivity contribution is -0.137. The van der Waals surface area contributed by atoms with Crippen LogP contribution in [0.2, 0.25) is 0 Å². The van der Waals surface area contributed by atoms with Gasteiger partial charge in [0.1, 0.15) is 5.92 Å². The molecule has 0 aliphatic rings. The molecule has 0 saturated heterocycles. The molecule has 4 nitrogen and oxygen atoms in total. The van der Waals surface area contributed by atoms with Gasteiger partial charge in [-0.05, 0) is 43.8 Å². The summed E-state index contributed by atoms with van der Waals surface area (Å²) in [6.07, 6.45) is -3.47. The number of nitrogens with zero attached hydrogens (tertiary/aromatic N) is 1. The molecule has 2 aromatic rings. The van der Waals surface area contributed by atoms with Crippen LogP contribution in [0.5, 0.6) is 0 Å². The Labute approximate surface area is 154 Å². The summed E-state index contributed by atoms with van der Waals surface area (Å²) in [5, 5.41) is 5.41. The largest absolute Gasteiger partial charge is 0.416 e. The smallest absolute Gasteiger partial charge is 0.363 e. The molecule has 1 aromatic carbocycles. The number of halogens is 3. The summed E-state index contributed by atoms with van der Waals surface area (Å²) in [6, 6.07) is 8.75. The lowest BCUT2D eigenvalue weighted by atomic mass is 9.92. The third kappa shape index (κ3) is 5.01. The SMILES string of the molecule is CCNC(=S)NC(=O)C(c1cccc(C)c1)c1cc(C(F)(F)F)ccn1. The molecule has 0 aliphatic carbocycles. The summed E-state index contributed by atoms with van der Waals surface area (Å²) < 4.78 is 39.2. The summed E-state index contributed by atoms with van der Waals surface area (Å²) in [4.78, 5) is 16.8. The number of hydrogen-bond donors (Lipinski definition) is 2. The van der Waals surface area contributed by atoms with Crippen molar-refractivity contribution in [2.45, 2.75) is 25.9 Å². The van der Waals surface area contributed by atoms with Gasteiger partial charge in [0.05, 0.1) is 11.3 Å². The molecule has 2 rings (SSSR count). The second-order valence-electron chi connectivity index (χ2n) is 5.66. The number of pyridine rings is 1. The summed E-state index contributed by atoms with van der Waals surface area (Å²) in [5.41, 5.74) is 0.555. The van der Waals surface area contributed by atoms with Crippen molar-refractivity contribution in [2.75, 3.05) is 6.54 Å². The number of alkyl halides is 3. The van der Waals surface area contributed by atoms with Crippen LogP contribution in [0.4, 0.5) is 13.2 Å². The first kappa shape index (κ1) is 19.8. The van der Waals surface area contributed by atoms with E-state index in [0.29, 0.717) is 12.1 Å². The zero-order valence-corrected chi connectivity index (χ0v) is 15.0. The van der Waals surface area contributed by atoms with Crippen LogP contribution in [-0.2, 0) is 11.0 Å². The van der Waals surface area contributed by atoms with Crippen molar-refractivity contribution < 1.29 is 18.0 Å². The molecule has 8 heteroatoms. The molecule has 1 atom stereocenters. The number of hydrogen-bond acceptors (Lipinski definition) is 3. The number of benzene rings is 1. The predicted octanol–water partition coefficient (Wildman–Crippen LogP) is 3.55. The van der Waals surface area contributed by atoms with Gasteiger partial charge in [-0.15, -0.1) is 0 Å². The molecule has 0 bridgehead atoms. The molecule has 0 fully saturated rings. The monoisotopic (exact) mass is 381 g/mol. The third-order valence-corrected chi connectivity index (χ3v) is 3.86. The van der Waals surface area contributed by atoms with Crippen molar-refractivity contribution in [3.05, 3.63) is 65.0 Å². The van der Waals surface area contributed by atoms with Crippen molar-refractivity contribution in [3.63, 3.8) is 0 Å². The van der Waals surface area contributed by atoms with Crippen LogP contribution >= 0.6 is 12.2 Å². The van der Waals surface area contributed by atoms with Crippen molar-refractivity contribution in [3.8, 4) is 0 Å². The van der Waals surface area contributed by atoms with Gasteiger partial charge in [-0.2, -0.15) is 13.2 Å². The number of carbonyl (C=O) groups is 1. The van der Waals surface area contributed by atoms with E-state index < -0.39 is 23.6 Å². The van der Waals surface area contributed by atoms with Crippen molar-refractivity contribution >= 4 is 23.2 Å². The first-order valence-electron chi connectivity index (χ1n) is 7.90. The predicted molar refractivity (Wildman–Crippen MR) is 96.7 cm³/mol. The Morgan fingerprint density at radius 3 is 2.62 bits per heavy atom. The van der Waals surface area contributed by atoms with E-state index in [0.717, 1.165) is 23.9 Å². The molecular weight excluding hydrogens is 363 g/mol. The molecule has 0 aliphatic heterocycles. The van der Waals surface area contributed by atoms with Gasteiger partial charge in [-0.25, -0.2) is 0 Å². The van der Waals surface area contributed by atoms with Crippen LogP contribution in [0.1, 0.15) is 35.2 Å². The molecule has 0 spiro atoms. The molecule has 1 unspecified atom stereocenters. The van der Waals surface area contributed by atoms with Gasteiger partial charge in [0, 0.05) is 12.7 Å². The molecule has 138 valence electrons. The fourth-order valence-electron chi connectivity index (χ4n) is 2.48. The van der Waals surface area contributed by atoms with Crippen LogP contribution < -0.4 is 10.6 Å². The highest BCUT2D eigenvalue weighted by Crippen LogP contribution is 2.32. The standard InChI is InChI=1S/C18H18F3N3OS/c1-3-22-17(26)24-16(25)15(12-6-4-5-11(2)9-12)14-10-13(7-8-23-14)18(19,20)21/h4-10,15H,3H2,1-2H3,(H2,22,24,25,26). The number of thiocarbonyl (C=S) groups is 1. The Bertz CT molecular complexity index is 808. The number of nitrogens with one attached hydrogen (secondary N) is 2. The van der Waals surface area contributed by atoms with E-state index >= 15 is 0 Å². The van der Waals surface area contributed by atoms with Gasteiger partial charge < -0.3 is 10.6 Å². The van der Waals surface area contributed by atoms with Gasteiger partial charge in [-0.3, -0.25) is 9.78 Å². The number of carbonyl (C=O) groups excluding carboxylic acids is 1. The zero-order chi connectivity index (χ0) is 19.3.